The van der Waals surface area contributed by atoms with Crippen molar-refractivity contribution in [2.75, 3.05) is 18.5 Å². The van der Waals surface area contributed by atoms with Crippen molar-refractivity contribution in [3.05, 3.63) is 12.3 Å². The van der Waals surface area contributed by atoms with E-state index < -0.39 is 0 Å². The Morgan fingerprint density at radius 1 is 1.60 bits per heavy atom. The van der Waals surface area contributed by atoms with E-state index in [1.807, 2.05) is 6.07 Å². The first-order valence-corrected chi connectivity index (χ1v) is 5.26. The Bertz CT molecular complexity index is 382. The zero-order valence-corrected chi connectivity index (χ0v) is 8.35. The molecule has 80 valence electrons. The van der Waals surface area contributed by atoms with E-state index in [4.69, 9.17) is 4.74 Å². The second kappa shape index (κ2) is 3.34. The van der Waals surface area contributed by atoms with E-state index in [0.29, 0.717) is 12.3 Å². The van der Waals surface area contributed by atoms with Crippen LogP contribution in [0, 0.1) is 5.92 Å². The summed E-state index contributed by atoms with van der Waals surface area (Å²) in [4.78, 5) is 11.7. The van der Waals surface area contributed by atoms with E-state index in [-0.39, 0.29) is 11.9 Å². The van der Waals surface area contributed by atoms with Gasteiger partial charge in [-0.05, 0) is 6.42 Å². The van der Waals surface area contributed by atoms with E-state index in [0.717, 1.165) is 25.5 Å². The van der Waals surface area contributed by atoms with Gasteiger partial charge < -0.3 is 10.1 Å². The first kappa shape index (κ1) is 8.91. The average Bonchev–Trinajstić information content (AvgIpc) is 2.88. The van der Waals surface area contributed by atoms with Crippen molar-refractivity contribution in [3.8, 4) is 0 Å². The molecule has 1 N–H and O–H groups in total. The van der Waals surface area contributed by atoms with Crippen LogP contribution in [0.2, 0.25) is 0 Å². The van der Waals surface area contributed by atoms with Crippen LogP contribution in [0.25, 0.3) is 0 Å². The maximum Gasteiger partial charge on any atom is 0.250 e. The van der Waals surface area contributed by atoms with Crippen LogP contribution < -0.4 is 5.32 Å². The number of aromatic nitrogens is 2. The molecule has 5 nitrogen and oxygen atoms in total. The molecule has 15 heavy (non-hydrogen) atoms. The molecule has 0 amide bonds. The van der Waals surface area contributed by atoms with Crippen LogP contribution in [0.1, 0.15) is 17.6 Å². The lowest BCUT2D eigenvalue weighted by atomic mass is 9.95. The number of nitrogens with one attached hydrogen (secondary N) is 1. The van der Waals surface area contributed by atoms with Crippen LogP contribution in [0.15, 0.2) is 12.3 Å². The van der Waals surface area contributed by atoms with Gasteiger partial charge in [-0.15, -0.1) is 0 Å². The summed E-state index contributed by atoms with van der Waals surface area (Å²) in [6.07, 6.45) is 3.20. The zero-order valence-electron chi connectivity index (χ0n) is 8.35. The molecule has 0 aromatic carbocycles. The number of anilines is 1. The van der Waals surface area contributed by atoms with E-state index >= 15 is 0 Å². The number of ether oxygens (including phenoxy) is 1. The first-order valence-electron chi connectivity index (χ1n) is 5.26. The van der Waals surface area contributed by atoms with E-state index in [1.165, 1.54) is 4.68 Å². The smallest absolute Gasteiger partial charge is 0.250 e. The molecule has 1 saturated heterocycles. The average molecular weight is 207 g/mol. The third-order valence-electron chi connectivity index (χ3n) is 3.14. The summed E-state index contributed by atoms with van der Waals surface area (Å²) in [5, 5.41) is 7.32. The molecule has 0 bridgehead atoms. The number of fused-ring (bicyclic) bond motifs is 1. The highest BCUT2D eigenvalue weighted by Crippen LogP contribution is 2.26. The summed E-state index contributed by atoms with van der Waals surface area (Å²) in [5.74, 6) is 1.34. The van der Waals surface area contributed by atoms with Gasteiger partial charge in [0.25, 0.3) is 5.91 Å². The van der Waals surface area contributed by atoms with Gasteiger partial charge in [-0.3, -0.25) is 4.79 Å². The molecule has 1 fully saturated rings. The molecule has 2 aliphatic heterocycles. The molecule has 1 aromatic rings. The Hall–Kier alpha value is -1.36. The molecular formula is C10H13N3O2. The van der Waals surface area contributed by atoms with Crippen LogP contribution in [-0.2, 0) is 4.74 Å². The number of nitrogens with zero attached hydrogens (tertiary/aromatic N) is 2. The minimum atomic E-state index is 0.0747. The number of carbonyl (C=O) groups is 1. The molecule has 5 heteroatoms. The van der Waals surface area contributed by atoms with Gasteiger partial charge in [-0.25, -0.2) is 0 Å². The second-order valence-electron chi connectivity index (χ2n) is 4.10. The van der Waals surface area contributed by atoms with Crippen molar-refractivity contribution in [1.29, 1.82) is 0 Å². The van der Waals surface area contributed by atoms with Gasteiger partial charge in [0.2, 0.25) is 0 Å². The minimum Gasteiger partial charge on any atom is -0.381 e. The number of hydrogen-bond acceptors (Lipinski definition) is 4. The van der Waals surface area contributed by atoms with Gasteiger partial charge in [-0.2, -0.15) is 9.78 Å². The van der Waals surface area contributed by atoms with Crippen LogP contribution >= 0.6 is 0 Å². The van der Waals surface area contributed by atoms with E-state index in [2.05, 4.69) is 10.4 Å². The van der Waals surface area contributed by atoms with Gasteiger partial charge in [0.1, 0.15) is 5.82 Å². The van der Waals surface area contributed by atoms with Crippen LogP contribution in [0.4, 0.5) is 5.82 Å². The van der Waals surface area contributed by atoms with Gasteiger partial charge in [0, 0.05) is 31.1 Å². The van der Waals surface area contributed by atoms with Crippen molar-refractivity contribution in [2.24, 2.45) is 5.92 Å². The lowest BCUT2D eigenvalue weighted by Crippen LogP contribution is -2.39. The Balaban J connectivity index is 1.83. The van der Waals surface area contributed by atoms with E-state index in [9.17, 15) is 4.79 Å². The summed E-state index contributed by atoms with van der Waals surface area (Å²) in [6.45, 7) is 1.58. The molecule has 2 unspecified atom stereocenters. The Morgan fingerprint density at radius 3 is 3.33 bits per heavy atom. The quantitative estimate of drug-likeness (QED) is 0.738. The van der Waals surface area contributed by atoms with Crippen molar-refractivity contribution in [3.63, 3.8) is 0 Å². The van der Waals surface area contributed by atoms with Crippen LogP contribution in [0.5, 0.6) is 0 Å². The predicted molar refractivity (Wildman–Crippen MR) is 53.8 cm³/mol. The van der Waals surface area contributed by atoms with Crippen LogP contribution in [0.3, 0.4) is 0 Å². The lowest BCUT2D eigenvalue weighted by Gasteiger charge is -2.28. The standard InChI is InChI=1S/C10H13N3O2/c14-10-5-8(7-2-4-15-6-7)12-9-1-3-11-13(9)10/h1,3,7-8,12H,2,4-6H2. The monoisotopic (exact) mass is 207 g/mol. The maximum absolute atomic E-state index is 11.7. The molecule has 2 atom stereocenters. The topological polar surface area (TPSA) is 56.1 Å². The first-order chi connectivity index (χ1) is 7.34. The fourth-order valence-electron chi connectivity index (χ4n) is 2.28. The second-order valence-corrected chi connectivity index (χ2v) is 4.10. The summed E-state index contributed by atoms with van der Waals surface area (Å²) in [6, 6.07) is 2.05. The van der Waals surface area contributed by atoms with Crippen molar-refractivity contribution in [1.82, 2.24) is 9.78 Å². The van der Waals surface area contributed by atoms with Gasteiger partial charge in [-0.1, -0.05) is 0 Å². The third-order valence-corrected chi connectivity index (χ3v) is 3.14. The highest BCUT2D eigenvalue weighted by Gasteiger charge is 2.32. The van der Waals surface area contributed by atoms with Crippen LogP contribution in [-0.4, -0.2) is 34.9 Å². The Morgan fingerprint density at radius 2 is 2.53 bits per heavy atom. The third kappa shape index (κ3) is 1.43. The van der Waals surface area contributed by atoms with Gasteiger partial charge in [0.15, 0.2) is 0 Å². The van der Waals surface area contributed by atoms with Crippen molar-refractivity contribution >= 4 is 11.7 Å². The van der Waals surface area contributed by atoms with Gasteiger partial charge >= 0.3 is 0 Å². The molecule has 3 rings (SSSR count). The van der Waals surface area contributed by atoms with E-state index in [1.54, 1.807) is 6.20 Å². The fourth-order valence-corrected chi connectivity index (χ4v) is 2.28. The Labute approximate surface area is 87.4 Å². The molecule has 0 aliphatic carbocycles. The minimum absolute atomic E-state index is 0.0747. The molecule has 2 aliphatic rings. The summed E-state index contributed by atoms with van der Waals surface area (Å²) >= 11 is 0. The fraction of sp³-hybridized carbons (Fsp3) is 0.600. The zero-order chi connectivity index (χ0) is 10.3. The predicted octanol–water partition coefficient (Wildman–Crippen LogP) is 0.744. The largest absolute Gasteiger partial charge is 0.381 e. The molecular weight excluding hydrogens is 194 g/mol. The highest BCUT2D eigenvalue weighted by molar-refractivity contribution is 5.84. The molecule has 1 aromatic heterocycles. The normalized spacial score (nSPS) is 30.0. The summed E-state index contributed by atoms with van der Waals surface area (Å²) in [5.41, 5.74) is 0. The van der Waals surface area contributed by atoms with Crippen molar-refractivity contribution < 1.29 is 9.53 Å². The lowest BCUT2D eigenvalue weighted by molar-refractivity contribution is 0.0858. The molecule has 0 spiro atoms. The summed E-state index contributed by atoms with van der Waals surface area (Å²) in [7, 11) is 0. The molecule has 0 saturated carbocycles. The van der Waals surface area contributed by atoms with Gasteiger partial charge in [0.05, 0.1) is 12.8 Å². The maximum atomic E-state index is 11.7. The molecule has 3 heterocycles. The number of carbonyl (C=O) groups excluding carboxylic acids is 1. The molecule has 0 radical (unpaired) electrons. The SMILES string of the molecule is O=C1CC(C2CCOC2)Nc2ccnn21. The Kier molecular flexibility index (Phi) is 1.98. The summed E-state index contributed by atoms with van der Waals surface area (Å²) < 4.78 is 6.78. The number of hydrogen-bond donors (Lipinski definition) is 1. The van der Waals surface area contributed by atoms with Crippen molar-refractivity contribution in [2.45, 2.75) is 18.9 Å². The number of rotatable bonds is 1. The highest BCUT2D eigenvalue weighted by atomic mass is 16.5.